The number of nitrogens with zero attached hydrogens (tertiary/aromatic N) is 3. The van der Waals surface area contributed by atoms with E-state index >= 15 is 0 Å². The zero-order valence-corrected chi connectivity index (χ0v) is 22.4. The molecule has 1 fully saturated rings. The molecule has 8 nitrogen and oxygen atoms in total. The van der Waals surface area contributed by atoms with Crippen LogP contribution in [0.2, 0.25) is 0 Å². The average Bonchev–Trinajstić information content (AvgIpc) is 2.75. The van der Waals surface area contributed by atoms with Crippen molar-refractivity contribution in [3.05, 3.63) is 30.3 Å². The van der Waals surface area contributed by atoms with Crippen molar-refractivity contribution >= 4 is 41.7 Å². The Morgan fingerprint density at radius 3 is 2.22 bits per heavy atom. The molecule has 2 rings (SSSR count). The molecule has 3 N–H and O–H groups in total. The second-order valence-electron chi connectivity index (χ2n) is 8.73. The van der Waals surface area contributed by atoms with Crippen LogP contribution in [0.3, 0.4) is 0 Å². The SMILES string of the molecule is CN=C(NCCCCN1CCN(c2ccccc2)CC1)NCCNC(=O)OC(C)(C)C.I. The quantitative estimate of drug-likeness (QED) is 0.187. The minimum Gasteiger partial charge on any atom is -0.444 e. The predicted octanol–water partition coefficient (Wildman–Crippen LogP) is 2.90. The fourth-order valence-corrected chi connectivity index (χ4v) is 3.42. The molecule has 1 saturated heterocycles. The first-order valence-corrected chi connectivity index (χ1v) is 11.3. The van der Waals surface area contributed by atoms with Crippen LogP contribution in [0.5, 0.6) is 0 Å². The van der Waals surface area contributed by atoms with Crippen LogP contribution in [0.4, 0.5) is 10.5 Å². The first-order valence-electron chi connectivity index (χ1n) is 11.3. The van der Waals surface area contributed by atoms with Gasteiger partial charge in [-0.1, -0.05) is 18.2 Å². The van der Waals surface area contributed by atoms with E-state index in [9.17, 15) is 4.79 Å². The molecule has 1 amide bonds. The lowest BCUT2D eigenvalue weighted by Crippen LogP contribution is -2.46. The van der Waals surface area contributed by atoms with E-state index in [-0.39, 0.29) is 24.0 Å². The van der Waals surface area contributed by atoms with Gasteiger partial charge < -0.3 is 25.6 Å². The van der Waals surface area contributed by atoms with Crippen LogP contribution in [0.15, 0.2) is 35.3 Å². The van der Waals surface area contributed by atoms with E-state index in [1.807, 2.05) is 20.8 Å². The molecule has 182 valence electrons. The summed E-state index contributed by atoms with van der Waals surface area (Å²) in [5, 5.41) is 9.26. The number of hydrogen-bond acceptors (Lipinski definition) is 5. The summed E-state index contributed by atoms with van der Waals surface area (Å²) in [6, 6.07) is 10.7. The second-order valence-corrected chi connectivity index (χ2v) is 8.73. The topological polar surface area (TPSA) is 81.2 Å². The molecule has 0 aromatic heterocycles. The number of halogens is 1. The van der Waals surface area contributed by atoms with Gasteiger partial charge in [0, 0.05) is 58.5 Å². The van der Waals surface area contributed by atoms with E-state index in [1.54, 1.807) is 7.05 Å². The van der Waals surface area contributed by atoms with Crippen LogP contribution in [-0.2, 0) is 4.74 Å². The first-order chi connectivity index (χ1) is 14.9. The largest absolute Gasteiger partial charge is 0.444 e. The predicted molar refractivity (Wildman–Crippen MR) is 143 cm³/mol. The molecule has 1 aliphatic heterocycles. The van der Waals surface area contributed by atoms with E-state index in [0.717, 1.165) is 58.1 Å². The monoisotopic (exact) mass is 560 g/mol. The molecule has 0 aliphatic carbocycles. The molecule has 32 heavy (non-hydrogen) atoms. The molecule has 1 aliphatic rings. The van der Waals surface area contributed by atoms with Crippen molar-refractivity contribution in [3.63, 3.8) is 0 Å². The van der Waals surface area contributed by atoms with Gasteiger partial charge in [0.15, 0.2) is 5.96 Å². The number of rotatable bonds is 9. The maximum absolute atomic E-state index is 11.6. The summed E-state index contributed by atoms with van der Waals surface area (Å²) in [6.45, 7) is 13.1. The summed E-state index contributed by atoms with van der Waals surface area (Å²) in [5.74, 6) is 0.752. The zero-order chi connectivity index (χ0) is 22.5. The molecular formula is C23H41IN6O2. The lowest BCUT2D eigenvalue weighted by atomic mass is 10.2. The van der Waals surface area contributed by atoms with Crippen molar-refractivity contribution in [2.24, 2.45) is 4.99 Å². The molecule has 1 heterocycles. The molecule has 1 aromatic rings. The Balaban J connectivity index is 0.00000512. The minimum absolute atomic E-state index is 0. The minimum atomic E-state index is -0.482. The molecule has 0 bridgehead atoms. The van der Waals surface area contributed by atoms with Gasteiger partial charge in [0.2, 0.25) is 0 Å². The van der Waals surface area contributed by atoms with Crippen LogP contribution in [0.25, 0.3) is 0 Å². The van der Waals surface area contributed by atoms with Crippen molar-refractivity contribution in [2.75, 3.05) is 64.3 Å². The highest BCUT2D eigenvalue weighted by Gasteiger charge is 2.17. The number of unbranched alkanes of at least 4 members (excludes halogenated alkanes) is 1. The van der Waals surface area contributed by atoms with E-state index in [4.69, 9.17) is 4.74 Å². The lowest BCUT2D eigenvalue weighted by molar-refractivity contribution is 0.0529. The maximum atomic E-state index is 11.6. The number of guanidine groups is 1. The van der Waals surface area contributed by atoms with Crippen LogP contribution >= 0.6 is 24.0 Å². The molecule has 0 saturated carbocycles. The van der Waals surface area contributed by atoms with Crippen molar-refractivity contribution in [2.45, 2.75) is 39.2 Å². The number of aliphatic imine (C=N–C) groups is 1. The number of hydrogen-bond donors (Lipinski definition) is 3. The lowest BCUT2D eigenvalue weighted by Gasteiger charge is -2.36. The number of para-hydroxylation sites is 1. The summed E-state index contributed by atoms with van der Waals surface area (Å²) in [7, 11) is 1.75. The van der Waals surface area contributed by atoms with Gasteiger partial charge in [-0.3, -0.25) is 9.89 Å². The third kappa shape index (κ3) is 11.8. The van der Waals surface area contributed by atoms with Crippen LogP contribution in [0, 0.1) is 0 Å². The second kappa shape index (κ2) is 15.2. The van der Waals surface area contributed by atoms with Crippen molar-refractivity contribution < 1.29 is 9.53 Å². The Hall–Kier alpha value is -1.75. The van der Waals surface area contributed by atoms with Gasteiger partial charge in [0.1, 0.15) is 5.60 Å². The summed E-state index contributed by atoms with van der Waals surface area (Å²) < 4.78 is 5.21. The molecule has 0 radical (unpaired) electrons. The normalized spacial score (nSPS) is 15.0. The maximum Gasteiger partial charge on any atom is 0.407 e. The fourth-order valence-electron chi connectivity index (χ4n) is 3.42. The number of carbonyl (C=O) groups is 1. The number of nitrogens with one attached hydrogen (secondary N) is 3. The highest BCUT2D eigenvalue weighted by Crippen LogP contribution is 2.15. The van der Waals surface area contributed by atoms with E-state index in [0.29, 0.717) is 13.1 Å². The molecule has 0 spiro atoms. The Morgan fingerprint density at radius 2 is 1.59 bits per heavy atom. The number of alkyl carbamates (subject to hydrolysis) is 1. The van der Waals surface area contributed by atoms with Crippen LogP contribution in [-0.4, -0.2) is 82.0 Å². The first kappa shape index (κ1) is 28.3. The zero-order valence-electron chi connectivity index (χ0n) is 20.0. The standard InChI is InChI=1S/C23H40N6O2.HI/c1-23(2,3)31-22(30)27-14-13-26-21(24-4)25-12-8-9-15-28-16-18-29(19-17-28)20-10-6-5-7-11-20;/h5-7,10-11H,8-9,12-19H2,1-4H3,(H,27,30)(H2,24,25,26);1H. The van der Waals surface area contributed by atoms with Crippen molar-refractivity contribution in [1.82, 2.24) is 20.9 Å². The Morgan fingerprint density at radius 1 is 0.969 bits per heavy atom. The molecule has 1 aromatic carbocycles. The van der Waals surface area contributed by atoms with E-state index in [2.05, 4.69) is 61.1 Å². The summed E-state index contributed by atoms with van der Waals surface area (Å²) >= 11 is 0. The van der Waals surface area contributed by atoms with E-state index in [1.165, 1.54) is 5.69 Å². The summed E-state index contributed by atoms with van der Waals surface area (Å²) in [6.07, 6.45) is 1.85. The number of anilines is 1. The summed E-state index contributed by atoms with van der Waals surface area (Å²) in [5.41, 5.74) is 0.844. The Bertz CT molecular complexity index is 673. The molecular weight excluding hydrogens is 519 g/mol. The summed E-state index contributed by atoms with van der Waals surface area (Å²) in [4.78, 5) is 20.9. The third-order valence-corrected chi connectivity index (χ3v) is 5.00. The highest BCUT2D eigenvalue weighted by molar-refractivity contribution is 14.0. The van der Waals surface area contributed by atoms with Crippen molar-refractivity contribution in [1.29, 1.82) is 0 Å². The smallest absolute Gasteiger partial charge is 0.407 e. The Kier molecular flexibility index (Phi) is 13.4. The Labute approximate surface area is 210 Å². The van der Waals surface area contributed by atoms with Gasteiger partial charge in [-0.15, -0.1) is 24.0 Å². The highest BCUT2D eigenvalue weighted by atomic mass is 127. The number of benzene rings is 1. The number of piperazine rings is 1. The van der Waals surface area contributed by atoms with Crippen LogP contribution in [0.1, 0.15) is 33.6 Å². The van der Waals surface area contributed by atoms with Gasteiger partial charge in [-0.25, -0.2) is 4.79 Å². The number of carbonyl (C=O) groups excluding carboxylic acids is 1. The third-order valence-electron chi connectivity index (χ3n) is 5.00. The van der Waals surface area contributed by atoms with Gasteiger partial charge in [0.05, 0.1) is 0 Å². The number of ether oxygens (including phenoxy) is 1. The van der Waals surface area contributed by atoms with Gasteiger partial charge >= 0.3 is 6.09 Å². The average molecular weight is 561 g/mol. The van der Waals surface area contributed by atoms with Crippen LogP contribution < -0.4 is 20.9 Å². The number of amides is 1. The molecule has 0 atom stereocenters. The van der Waals surface area contributed by atoms with Gasteiger partial charge in [0.25, 0.3) is 0 Å². The van der Waals surface area contributed by atoms with Gasteiger partial charge in [-0.05, 0) is 52.3 Å². The fraction of sp³-hybridized carbons (Fsp3) is 0.652. The van der Waals surface area contributed by atoms with Gasteiger partial charge in [-0.2, -0.15) is 0 Å². The molecule has 9 heteroatoms. The van der Waals surface area contributed by atoms with E-state index < -0.39 is 11.7 Å². The van der Waals surface area contributed by atoms with Crippen molar-refractivity contribution in [3.8, 4) is 0 Å². The molecule has 0 unspecified atom stereocenters.